The molecule has 1 N–H and O–H groups in total. The zero-order valence-corrected chi connectivity index (χ0v) is 20.8. The van der Waals surface area contributed by atoms with Gasteiger partial charge >= 0.3 is 11.7 Å². The number of nitrogens with zero attached hydrogens (tertiary/aromatic N) is 2. The first-order valence-electron chi connectivity index (χ1n) is 12.3. The van der Waals surface area contributed by atoms with E-state index in [1.54, 1.807) is 23.1 Å². The third-order valence-corrected chi connectivity index (χ3v) is 6.62. The van der Waals surface area contributed by atoms with Gasteiger partial charge in [0.1, 0.15) is 22.8 Å². The van der Waals surface area contributed by atoms with E-state index in [4.69, 9.17) is 9.15 Å². The Kier molecular flexibility index (Phi) is 6.20. The number of nitrogens with one attached hydrogen (secondary N) is 1. The van der Waals surface area contributed by atoms with Crippen LogP contribution in [0.3, 0.4) is 0 Å². The molecule has 3 aromatic rings. The van der Waals surface area contributed by atoms with Crippen molar-refractivity contribution in [3.63, 3.8) is 0 Å². The number of carbonyl (C=O) groups excluding carboxylic acids is 1. The molecular weight excluding hydrogens is 461 g/mol. The van der Waals surface area contributed by atoms with Crippen LogP contribution < -0.4 is 20.6 Å². The largest absolute Gasteiger partial charge is 0.482 e. The Hall–Kier alpha value is -3.81. The highest BCUT2D eigenvalue weighted by Crippen LogP contribution is 2.44. The van der Waals surface area contributed by atoms with E-state index < -0.39 is 5.60 Å². The van der Waals surface area contributed by atoms with Crippen LogP contribution in [-0.4, -0.2) is 42.7 Å². The van der Waals surface area contributed by atoms with Crippen molar-refractivity contribution in [3.05, 3.63) is 69.8 Å². The summed E-state index contributed by atoms with van der Waals surface area (Å²) < 4.78 is 25.3. The summed E-state index contributed by atoms with van der Waals surface area (Å²) in [5, 5.41) is 3.67. The fourth-order valence-electron chi connectivity index (χ4n) is 4.84. The average Bonchev–Trinajstić information content (AvgIpc) is 2.84. The van der Waals surface area contributed by atoms with Gasteiger partial charge in [0.2, 0.25) is 0 Å². The SMILES string of the molecule is CCCc1cc(=O)oc2cc(N3CCN(C(=O)Nc4ccc(F)cc4)CC3)c3c(c12)OC(C)(C)C=C3. The topological polar surface area (TPSA) is 75.0 Å². The summed E-state index contributed by atoms with van der Waals surface area (Å²) in [6.45, 7) is 8.31. The molecular formula is C28H30FN3O4. The van der Waals surface area contributed by atoms with Crippen LogP contribution in [0.25, 0.3) is 17.0 Å². The number of hydrogen-bond donors (Lipinski definition) is 1. The van der Waals surface area contributed by atoms with Crippen molar-refractivity contribution in [2.75, 3.05) is 36.4 Å². The molecule has 1 aromatic heterocycles. The number of ether oxygens (including phenoxy) is 1. The van der Waals surface area contributed by atoms with Gasteiger partial charge in [-0.25, -0.2) is 14.0 Å². The highest BCUT2D eigenvalue weighted by atomic mass is 19.1. The van der Waals surface area contributed by atoms with Crippen LogP contribution in [0.5, 0.6) is 5.75 Å². The van der Waals surface area contributed by atoms with Crippen molar-refractivity contribution in [2.24, 2.45) is 0 Å². The van der Waals surface area contributed by atoms with E-state index >= 15 is 0 Å². The second-order valence-corrected chi connectivity index (χ2v) is 9.80. The minimum absolute atomic E-state index is 0.220. The number of halogens is 1. The van der Waals surface area contributed by atoms with Crippen LogP contribution in [0.15, 0.2) is 51.7 Å². The Balaban J connectivity index is 1.44. The van der Waals surface area contributed by atoms with E-state index in [0.29, 0.717) is 37.4 Å². The maximum atomic E-state index is 13.2. The minimum Gasteiger partial charge on any atom is -0.482 e. The molecule has 2 amide bonds. The highest BCUT2D eigenvalue weighted by molar-refractivity contribution is 5.97. The van der Waals surface area contributed by atoms with E-state index in [0.717, 1.165) is 40.8 Å². The zero-order chi connectivity index (χ0) is 25.4. The van der Waals surface area contributed by atoms with Gasteiger partial charge < -0.3 is 24.3 Å². The maximum Gasteiger partial charge on any atom is 0.336 e. The Labute approximate surface area is 209 Å². The van der Waals surface area contributed by atoms with E-state index in [1.165, 1.54) is 12.1 Å². The summed E-state index contributed by atoms with van der Waals surface area (Å²) in [5.41, 5.74) is 3.01. The first-order chi connectivity index (χ1) is 17.2. The summed E-state index contributed by atoms with van der Waals surface area (Å²) in [6.07, 6.45) is 5.78. The van der Waals surface area contributed by atoms with Gasteiger partial charge in [0, 0.05) is 49.6 Å². The lowest BCUT2D eigenvalue weighted by atomic mass is 9.95. The Morgan fingerprint density at radius 3 is 2.53 bits per heavy atom. The molecule has 0 spiro atoms. The van der Waals surface area contributed by atoms with Gasteiger partial charge in [0.15, 0.2) is 0 Å². The number of piperazine rings is 1. The lowest BCUT2D eigenvalue weighted by Crippen LogP contribution is -2.50. The molecule has 0 bridgehead atoms. The molecule has 188 valence electrons. The highest BCUT2D eigenvalue weighted by Gasteiger charge is 2.30. The van der Waals surface area contributed by atoms with E-state index in [9.17, 15) is 14.0 Å². The maximum absolute atomic E-state index is 13.2. The monoisotopic (exact) mass is 491 g/mol. The minimum atomic E-state index is -0.491. The number of rotatable bonds is 4. The zero-order valence-electron chi connectivity index (χ0n) is 20.8. The first kappa shape index (κ1) is 23.9. The predicted molar refractivity (Wildman–Crippen MR) is 139 cm³/mol. The molecule has 2 aromatic carbocycles. The van der Waals surface area contributed by atoms with Crippen LogP contribution in [0.2, 0.25) is 0 Å². The Bertz CT molecular complexity index is 1390. The van der Waals surface area contributed by atoms with Gasteiger partial charge in [-0.3, -0.25) is 0 Å². The molecule has 8 heteroatoms. The second-order valence-electron chi connectivity index (χ2n) is 9.80. The molecule has 5 rings (SSSR count). The van der Waals surface area contributed by atoms with E-state index in [-0.39, 0.29) is 17.5 Å². The molecule has 2 aliphatic rings. The quantitative estimate of drug-likeness (QED) is 0.493. The van der Waals surface area contributed by atoms with E-state index in [1.807, 2.05) is 26.0 Å². The number of urea groups is 1. The van der Waals surface area contributed by atoms with Crippen molar-refractivity contribution < 1.29 is 18.3 Å². The van der Waals surface area contributed by atoms with Crippen LogP contribution in [0, 0.1) is 5.82 Å². The third-order valence-electron chi connectivity index (χ3n) is 6.62. The second kappa shape index (κ2) is 9.33. The number of hydrogen-bond acceptors (Lipinski definition) is 5. The molecule has 0 unspecified atom stereocenters. The summed E-state index contributed by atoms with van der Waals surface area (Å²) in [4.78, 5) is 29.0. The smallest absolute Gasteiger partial charge is 0.336 e. The van der Waals surface area contributed by atoms with E-state index in [2.05, 4.69) is 23.2 Å². The van der Waals surface area contributed by atoms with Crippen LogP contribution in [0.4, 0.5) is 20.6 Å². The van der Waals surface area contributed by atoms with Crippen molar-refractivity contribution in [1.29, 1.82) is 0 Å². The van der Waals surface area contributed by atoms with Crippen molar-refractivity contribution >= 4 is 34.5 Å². The Morgan fingerprint density at radius 1 is 1.11 bits per heavy atom. The van der Waals surface area contributed by atoms with Gasteiger partial charge in [-0.1, -0.05) is 13.3 Å². The van der Waals surface area contributed by atoms with Crippen LogP contribution in [0.1, 0.15) is 38.3 Å². The molecule has 0 atom stereocenters. The number of benzene rings is 2. The molecule has 0 aliphatic carbocycles. The summed E-state index contributed by atoms with van der Waals surface area (Å²) >= 11 is 0. The van der Waals surface area contributed by atoms with Gasteiger partial charge in [-0.05, 0) is 62.2 Å². The van der Waals surface area contributed by atoms with Gasteiger partial charge in [0.25, 0.3) is 0 Å². The number of anilines is 2. The molecule has 7 nitrogen and oxygen atoms in total. The molecule has 0 saturated carbocycles. The number of aryl methyl sites for hydroxylation is 1. The normalized spacial score (nSPS) is 16.6. The number of fused-ring (bicyclic) bond motifs is 3. The van der Waals surface area contributed by atoms with Crippen LogP contribution >= 0.6 is 0 Å². The van der Waals surface area contributed by atoms with Crippen molar-refractivity contribution in [1.82, 2.24) is 4.90 Å². The fraction of sp³-hybridized carbons (Fsp3) is 0.357. The summed E-state index contributed by atoms with van der Waals surface area (Å²) in [5.74, 6) is 0.387. The molecule has 1 fully saturated rings. The molecule has 0 radical (unpaired) electrons. The van der Waals surface area contributed by atoms with Crippen molar-refractivity contribution in [2.45, 2.75) is 39.2 Å². The standard InChI is InChI=1S/C28H30FN3O4/c1-4-5-18-16-24(33)35-23-17-22(21-10-11-28(2,3)36-26(21)25(18)23)31-12-14-32(15-13-31)27(34)30-20-8-6-19(29)7-9-20/h6-11,16-17H,4-5,12-15H2,1-3H3,(H,30,34). The Morgan fingerprint density at radius 2 is 1.83 bits per heavy atom. The van der Waals surface area contributed by atoms with Crippen molar-refractivity contribution in [3.8, 4) is 5.75 Å². The third kappa shape index (κ3) is 4.67. The van der Waals surface area contributed by atoms with Crippen LogP contribution in [-0.2, 0) is 6.42 Å². The molecule has 1 saturated heterocycles. The summed E-state index contributed by atoms with van der Waals surface area (Å²) in [7, 11) is 0. The average molecular weight is 492 g/mol. The van der Waals surface area contributed by atoms with Gasteiger partial charge in [0.05, 0.1) is 11.1 Å². The molecule has 2 aliphatic heterocycles. The lowest BCUT2D eigenvalue weighted by Gasteiger charge is -2.38. The first-order valence-corrected chi connectivity index (χ1v) is 12.3. The predicted octanol–water partition coefficient (Wildman–Crippen LogP) is 5.42. The molecule has 3 heterocycles. The summed E-state index contributed by atoms with van der Waals surface area (Å²) in [6, 6.07) is 8.99. The fourth-order valence-corrected chi connectivity index (χ4v) is 4.84. The van der Waals surface area contributed by atoms with Gasteiger partial charge in [-0.2, -0.15) is 0 Å². The lowest BCUT2D eigenvalue weighted by molar-refractivity contribution is 0.161. The molecule has 36 heavy (non-hydrogen) atoms. The number of amides is 2. The van der Waals surface area contributed by atoms with Gasteiger partial charge in [-0.15, -0.1) is 0 Å². The number of carbonyl (C=O) groups is 1.